The number of rotatable bonds is 8. The predicted octanol–water partition coefficient (Wildman–Crippen LogP) is 18.8. The van der Waals surface area contributed by atoms with Gasteiger partial charge >= 0.3 is 0 Å². The molecule has 0 bridgehead atoms. The van der Waals surface area contributed by atoms with E-state index in [0.717, 1.165) is 84.7 Å². The van der Waals surface area contributed by atoms with Crippen molar-refractivity contribution in [3.8, 4) is 50.9 Å². The van der Waals surface area contributed by atoms with Crippen LogP contribution in [0.3, 0.4) is 0 Å². The summed E-state index contributed by atoms with van der Waals surface area (Å²) in [5.74, 6) is 4.35. The van der Waals surface area contributed by atoms with Crippen molar-refractivity contribution in [3.05, 3.63) is 245 Å². The molecule has 0 saturated carbocycles. The summed E-state index contributed by atoms with van der Waals surface area (Å²) in [4.78, 5) is 5.23. The zero-order valence-corrected chi connectivity index (χ0v) is 54.1. The first-order chi connectivity index (χ1) is 43.4. The van der Waals surface area contributed by atoms with Crippen LogP contribution in [0.5, 0.6) is 23.0 Å². The van der Waals surface area contributed by atoms with E-state index in [0.29, 0.717) is 5.92 Å². The Labute approximate surface area is 531 Å². The lowest BCUT2D eigenvalue weighted by Crippen LogP contribution is -2.63. The maximum Gasteiger partial charge on any atom is 0.256 e. The van der Waals surface area contributed by atoms with Gasteiger partial charge < -0.3 is 23.8 Å². The minimum atomic E-state index is -0.227. The van der Waals surface area contributed by atoms with Gasteiger partial charge in [-0.3, -0.25) is 0 Å². The molecule has 0 atom stereocenters. The van der Waals surface area contributed by atoms with E-state index in [4.69, 9.17) is 9.47 Å². The van der Waals surface area contributed by atoms with Crippen molar-refractivity contribution in [3.63, 3.8) is 0 Å². The molecule has 0 unspecified atom stereocenters. The van der Waals surface area contributed by atoms with Crippen LogP contribution in [-0.4, -0.2) is 18.0 Å². The fourth-order valence-corrected chi connectivity index (χ4v) is 15.8. The van der Waals surface area contributed by atoms with Crippen LogP contribution in [-0.2, 0) is 5.41 Å². The summed E-state index contributed by atoms with van der Waals surface area (Å²) in [6, 6.07) is 76.0. The molecule has 1 aromatic heterocycles. The predicted molar refractivity (Wildman–Crippen MR) is 383 cm³/mol. The summed E-state index contributed by atoms with van der Waals surface area (Å²) in [5.41, 5.74) is 32.3. The Kier molecular flexibility index (Phi) is 12.7. The molecule has 90 heavy (non-hydrogen) atoms. The minimum absolute atomic E-state index is 0.154. The van der Waals surface area contributed by atoms with Gasteiger partial charge in [0.2, 0.25) is 0 Å². The second-order valence-electron chi connectivity index (χ2n) is 28.1. The summed E-state index contributed by atoms with van der Waals surface area (Å²) < 4.78 is 17.7. The summed E-state index contributed by atoms with van der Waals surface area (Å²) in [5, 5.41) is 2.57. The molecule has 0 fully saturated rings. The highest BCUT2D eigenvalue weighted by molar-refractivity contribution is 7.02. The molecule has 0 saturated heterocycles. The number of benzene rings is 11. The first-order valence-electron chi connectivity index (χ1n) is 32.5. The molecule has 7 heteroatoms. The van der Waals surface area contributed by atoms with Crippen LogP contribution < -0.4 is 52.1 Å². The number of anilines is 6. The van der Waals surface area contributed by atoms with Crippen LogP contribution in [0.1, 0.15) is 125 Å². The second kappa shape index (κ2) is 20.5. The van der Waals surface area contributed by atoms with Crippen molar-refractivity contribution >= 4 is 102 Å². The van der Waals surface area contributed by atoms with Crippen molar-refractivity contribution in [2.75, 3.05) is 9.80 Å². The molecular weight excluding hydrogens is 1090 g/mol. The first-order valence-corrected chi connectivity index (χ1v) is 32.5. The molecule has 4 aliphatic rings. The molecule has 4 aliphatic heterocycles. The average molecular weight is 1170 g/mol. The van der Waals surface area contributed by atoms with E-state index in [1.807, 2.05) is 0 Å². The SMILES string of the molecule is Cc1cc(C)c2c(c1)c1cc(C)cc(C)c1n2-c1ccc2c(c1)N(c1ccccc1-c1ccccc1)c1cc(C(C)(C)C)cc3c1B2c1cc2c(cc1O3)N(c1c(C(C)C)cc(C(C)C)cc1C(C)C)c1cc(-c3ccccc3)cc3c1B2c1ccccc1O3. The largest absolute Gasteiger partial charge is 0.458 e. The Morgan fingerprint density at radius 3 is 1.60 bits per heavy atom. The Bertz CT molecular complexity index is 4900. The van der Waals surface area contributed by atoms with Gasteiger partial charge in [-0.1, -0.05) is 207 Å². The minimum Gasteiger partial charge on any atom is -0.458 e. The van der Waals surface area contributed by atoms with Crippen LogP contribution >= 0.6 is 0 Å². The molecule has 12 aromatic rings. The number of ether oxygens (including phenoxy) is 2. The molecule has 5 nitrogen and oxygen atoms in total. The molecule has 0 amide bonds. The van der Waals surface area contributed by atoms with E-state index in [-0.39, 0.29) is 30.7 Å². The van der Waals surface area contributed by atoms with Gasteiger partial charge in [0, 0.05) is 50.8 Å². The highest BCUT2D eigenvalue weighted by Gasteiger charge is 2.48. The lowest BCUT2D eigenvalue weighted by Gasteiger charge is -2.44. The van der Waals surface area contributed by atoms with Crippen molar-refractivity contribution < 1.29 is 9.47 Å². The molecule has 16 rings (SSSR count). The number of aromatic nitrogens is 1. The van der Waals surface area contributed by atoms with Crippen molar-refractivity contribution in [1.82, 2.24) is 4.57 Å². The van der Waals surface area contributed by atoms with Crippen LogP contribution in [0.4, 0.5) is 34.1 Å². The number of aryl methyl sites for hydroxylation is 4. The normalized spacial score (nSPS) is 13.6. The average Bonchev–Trinajstić information content (AvgIpc) is 0.913. The van der Waals surface area contributed by atoms with Gasteiger partial charge in [-0.2, -0.15) is 0 Å². The fraction of sp³-hybridized carbons (Fsp3) is 0.205. The van der Waals surface area contributed by atoms with Gasteiger partial charge in [-0.25, -0.2) is 0 Å². The van der Waals surface area contributed by atoms with Crippen molar-refractivity contribution in [2.45, 2.75) is 113 Å². The highest BCUT2D eigenvalue weighted by atomic mass is 16.5. The lowest BCUT2D eigenvalue weighted by atomic mass is 9.31. The van der Waals surface area contributed by atoms with Gasteiger partial charge in [0.1, 0.15) is 23.0 Å². The van der Waals surface area contributed by atoms with Gasteiger partial charge in [0.15, 0.2) is 0 Å². The van der Waals surface area contributed by atoms with Gasteiger partial charge in [0.05, 0.1) is 22.4 Å². The number of fused-ring (bicyclic) bond motifs is 11. The summed E-state index contributed by atoms with van der Waals surface area (Å²) >= 11 is 0. The van der Waals surface area contributed by atoms with E-state index in [2.05, 4.69) is 305 Å². The van der Waals surface area contributed by atoms with Crippen LogP contribution in [0.15, 0.2) is 200 Å². The van der Waals surface area contributed by atoms with Crippen molar-refractivity contribution in [1.29, 1.82) is 0 Å². The van der Waals surface area contributed by atoms with E-state index in [1.54, 1.807) is 0 Å². The highest BCUT2D eigenvalue weighted by Crippen LogP contribution is 2.52. The Balaban J connectivity index is 1.02. The number of nitrogens with zero attached hydrogens (tertiary/aromatic N) is 3. The second-order valence-corrected chi connectivity index (χ2v) is 28.1. The standard InChI is InChI=1S/C83H75B2N3O2/c1-47(2)56-38-61(48(3)4)82(62(39-56)49(5)6)88-71-46-75-68(45-67(71)85-66-29-21-23-31-74(66)89-76-41-57(40-72(88)78(76)85)54-24-16-14-17-25-54)84-65-33-32-59(86-80-52(9)34-50(7)36-63(80)64-37-51(8)35-53(10)81(64)86)44-70(65)87(69-30-22-20-28-60(69)55-26-18-15-19-27-55)73-42-58(83(11,12)13)43-77(90-75)79(73)84/h14-49H,1-13H3. The fourth-order valence-electron chi connectivity index (χ4n) is 15.8. The molecule has 5 heterocycles. The first kappa shape index (κ1) is 55.8. The van der Waals surface area contributed by atoms with E-state index in [9.17, 15) is 0 Å². The molecular formula is C83H75B2N3O2. The molecule has 0 N–H and O–H groups in total. The number of hydrogen-bond acceptors (Lipinski definition) is 4. The molecule has 0 spiro atoms. The Morgan fingerprint density at radius 2 is 0.956 bits per heavy atom. The molecule has 11 aromatic carbocycles. The maximum absolute atomic E-state index is 7.83. The lowest BCUT2D eigenvalue weighted by molar-refractivity contribution is 0.483. The summed E-state index contributed by atoms with van der Waals surface area (Å²) in [6.45, 7) is 29.8. The number of para-hydroxylation sites is 2. The molecule has 0 aliphatic carbocycles. The van der Waals surface area contributed by atoms with Crippen LogP contribution in [0.2, 0.25) is 0 Å². The quantitative estimate of drug-likeness (QED) is 0.142. The summed E-state index contributed by atoms with van der Waals surface area (Å²) in [6.07, 6.45) is 0. The monoisotopic (exact) mass is 1170 g/mol. The third kappa shape index (κ3) is 8.51. The number of hydrogen-bond donors (Lipinski definition) is 0. The smallest absolute Gasteiger partial charge is 0.256 e. The zero-order chi connectivity index (χ0) is 61.9. The third-order valence-electron chi connectivity index (χ3n) is 20.0. The van der Waals surface area contributed by atoms with Gasteiger partial charge in [-0.05, 0) is 194 Å². The Morgan fingerprint density at radius 1 is 0.389 bits per heavy atom. The maximum atomic E-state index is 7.83. The third-order valence-corrected chi connectivity index (χ3v) is 20.0. The van der Waals surface area contributed by atoms with Gasteiger partial charge in [-0.15, -0.1) is 0 Å². The van der Waals surface area contributed by atoms with Gasteiger partial charge in [0.25, 0.3) is 13.4 Å². The summed E-state index contributed by atoms with van der Waals surface area (Å²) in [7, 11) is 0. The van der Waals surface area contributed by atoms with E-state index < -0.39 is 0 Å². The van der Waals surface area contributed by atoms with E-state index >= 15 is 0 Å². The van der Waals surface area contributed by atoms with Crippen molar-refractivity contribution in [2.24, 2.45) is 0 Å². The topological polar surface area (TPSA) is 29.9 Å². The van der Waals surface area contributed by atoms with Crippen LogP contribution in [0.25, 0.3) is 49.7 Å². The van der Waals surface area contributed by atoms with Crippen LogP contribution in [0, 0.1) is 27.7 Å². The van der Waals surface area contributed by atoms with E-state index in [1.165, 1.54) is 99.4 Å². The zero-order valence-electron chi connectivity index (χ0n) is 54.1. The molecule has 440 valence electrons. The Hall–Kier alpha value is -9.45. The molecule has 0 radical (unpaired) electrons.